The van der Waals surface area contributed by atoms with Gasteiger partial charge < -0.3 is 10.1 Å². The lowest BCUT2D eigenvalue weighted by Crippen LogP contribution is -2.05. The summed E-state index contributed by atoms with van der Waals surface area (Å²) in [4.78, 5) is 22.0. The zero-order chi connectivity index (χ0) is 13.4. The number of nitrogens with one attached hydrogen (secondary N) is 1. The van der Waals surface area contributed by atoms with Crippen molar-refractivity contribution in [1.82, 2.24) is 0 Å². The van der Waals surface area contributed by atoms with Crippen LogP contribution in [-0.2, 0) is 14.3 Å². The molecule has 4 heteroatoms. The Morgan fingerprint density at radius 3 is 2.83 bits per heavy atom. The van der Waals surface area contributed by atoms with Gasteiger partial charge in [0.1, 0.15) is 0 Å². The Bertz CT molecular complexity index is 452. The predicted octanol–water partition coefficient (Wildman–Crippen LogP) is 2.61. The van der Waals surface area contributed by atoms with Crippen molar-refractivity contribution in [3.63, 3.8) is 0 Å². The SMILES string of the molecule is CCOC(=O)CC=Cc1cccc(NC(C)=O)c1. The first-order chi connectivity index (χ1) is 8.61. The van der Waals surface area contributed by atoms with Gasteiger partial charge in [-0.15, -0.1) is 0 Å². The molecule has 0 atom stereocenters. The summed E-state index contributed by atoms with van der Waals surface area (Å²) in [5.41, 5.74) is 1.66. The van der Waals surface area contributed by atoms with E-state index in [1.54, 1.807) is 13.0 Å². The normalized spacial score (nSPS) is 10.3. The van der Waals surface area contributed by atoms with Crippen molar-refractivity contribution in [3.8, 4) is 0 Å². The fraction of sp³-hybridized carbons (Fsp3) is 0.286. The van der Waals surface area contributed by atoms with Crippen molar-refractivity contribution >= 4 is 23.6 Å². The van der Waals surface area contributed by atoms with E-state index in [1.807, 2.05) is 30.3 Å². The lowest BCUT2D eigenvalue weighted by atomic mass is 10.2. The second-order valence-corrected chi connectivity index (χ2v) is 3.72. The Hall–Kier alpha value is -2.10. The minimum absolute atomic E-state index is 0.109. The fourth-order valence-corrected chi connectivity index (χ4v) is 1.43. The van der Waals surface area contributed by atoms with Crippen LogP contribution in [0, 0.1) is 0 Å². The Balaban J connectivity index is 2.59. The smallest absolute Gasteiger partial charge is 0.309 e. The van der Waals surface area contributed by atoms with Gasteiger partial charge in [0, 0.05) is 12.6 Å². The van der Waals surface area contributed by atoms with Gasteiger partial charge in [-0.2, -0.15) is 0 Å². The summed E-state index contributed by atoms with van der Waals surface area (Å²) in [5, 5.41) is 2.70. The molecule has 0 spiro atoms. The molecule has 18 heavy (non-hydrogen) atoms. The Morgan fingerprint density at radius 1 is 1.39 bits per heavy atom. The third kappa shape index (κ3) is 5.30. The molecular weight excluding hydrogens is 230 g/mol. The molecule has 1 amide bonds. The Morgan fingerprint density at radius 2 is 2.17 bits per heavy atom. The highest BCUT2D eigenvalue weighted by molar-refractivity contribution is 5.89. The lowest BCUT2D eigenvalue weighted by molar-refractivity contribution is -0.142. The van der Waals surface area contributed by atoms with E-state index in [4.69, 9.17) is 4.74 Å². The van der Waals surface area contributed by atoms with Gasteiger partial charge in [-0.05, 0) is 24.6 Å². The predicted molar refractivity (Wildman–Crippen MR) is 71.0 cm³/mol. The number of benzene rings is 1. The zero-order valence-corrected chi connectivity index (χ0v) is 10.6. The summed E-state index contributed by atoms with van der Waals surface area (Å²) in [6.45, 7) is 3.63. The summed E-state index contributed by atoms with van der Waals surface area (Å²) in [6.07, 6.45) is 3.81. The Labute approximate surface area is 107 Å². The summed E-state index contributed by atoms with van der Waals surface area (Å²) in [5.74, 6) is -0.352. The fourth-order valence-electron chi connectivity index (χ4n) is 1.43. The average molecular weight is 247 g/mol. The summed E-state index contributed by atoms with van der Waals surface area (Å²) < 4.78 is 4.81. The molecule has 1 aromatic rings. The molecule has 1 N–H and O–H groups in total. The van der Waals surface area contributed by atoms with Crippen LogP contribution in [0.15, 0.2) is 30.3 Å². The van der Waals surface area contributed by atoms with Crippen LogP contribution in [0.1, 0.15) is 25.8 Å². The number of hydrogen-bond acceptors (Lipinski definition) is 3. The average Bonchev–Trinajstić information content (AvgIpc) is 2.29. The van der Waals surface area contributed by atoms with Crippen LogP contribution in [0.3, 0.4) is 0 Å². The first kappa shape index (κ1) is 14.0. The van der Waals surface area contributed by atoms with Gasteiger partial charge in [-0.3, -0.25) is 9.59 Å². The monoisotopic (exact) mass is 247 g/mol. The first-order valence-corrected chi connectivity index (χ1v) is 5.81. The summed E-state index contributed by atoms with van der Waals surface area (Å²) in [7, 11) is 0. The van der Waals surface area contributed by atoms with E-state index in [0.29, 0.717) is 6.61 Å². The van der Waals surface area contributed by atoms with E-state index in [0.717, 1.165) is 11.3 Å². The molecule has 96 valence electrons. The Kier molecular flexibility index (Phi) is 5.64. The maximum Gasteiger partial charge on any atom is 0.309 e. The van der Waals surface area contributed by atoms with Crippen LogP contribution in [0.5, 0.6) is 0 Å². The molecule has 0 aromatic heterocycles. The minimum atomic E-state index is -0.244. The molecule has 0 saturated carbocycles. The highest BCUT2D eigenvalue weighted by Crippen LogP contribution is 2.12. The van der Waals surface area contributed by atoms with Crippen molar-refractivity contribution in [2.45, 2.75) is 20.3 Å². The van der Waals surface area contributed by atoms with Gasteiger partial charge >= 0.3 is 5.97 Å². The van der Waals surface area contributed by atoms with Crippen molar-refractivity contribution < 1.29 is 14.3 Å². The molecule has 0 heterocycles. The van der Waals surface area contributed by atoms with E-state index in [2.05, 4.69) is 5.32 Å². The molecule has 0 bridgehead atoms. The molecular formula is C14H17NO3. The zero-order valence-electron chi connectivity index (χ0n) is 10.6. The number of esters is 1. The summed E-state index contributed by atoms with van der Waals surface area (Å²) >= 11 is 0. The van der Waals surface area contributed by atoms with Crippen LogP contribution < -0.4 is 5.32 Å². The van der Waals surface area contributed by atoms with Gasteiger partial charge in [-0.25, -0.2) is 0 Å². The molecule has 0 fully saturated rings. The minimum Gasteiger partial charge on any atom is -0.466 e. The number of amides is 1. The highest BCUT2D eigenvalue weighted by Gasteiger charge is 1.98. The molecule has 0 saturated heterocycles. The number of carbonyl (C=O) groups excluding carboxylic acids is 2. The van der Waals surface area contributed by atoms with Crippen LogP contribution in [0.2, 0.25) is 0 Å². The number of anilines is 1. The number of ether oxygens (including phenoxy) is 1. The molecule has 1 aromatic carbocycles. The van der Waals surface area contributed by atoms with E-state index in [-0.39, 0.29) is 18.3 Å². The topological polar surface area (TPSA) is 55.4 Å². The molecule has 0 aliphatic rings. The van der Waals surface area contributed by atoms with Crippen LogP contribution >= 0.6 is 0 Å². The van der Waals surface area contributed by atoms with Crippen molar-refractivity contribution in [2.75, 3.05) is 11.9 Å². The van der Waals surface area contributed by atoms with Crippen LogP contribution in [0.4, 0.5) is 5.69 Å². The maximum absolute atomic E-state index is 11.1. The van der Waals surface area contributed by atoms with E-state index in [9.17, 15) is 9.59 Å². The molecule has 0 aliphatic carbocycles. The second kappa shape index (κ2) is 7.27. The standard InChI is InChI=1S/C14H17NO3/c1-3-18-14(17)9-5-7-12-6-4-8-13(10-12)15-11(2)16/h4-8,10H,3,9H2,1-2H3,(H,15,16). The molecule has 1 rings (SSSR count). The van der Waals surface area contributed by atoms with E-state index < -0.39 is 0 Å². The van der Waals surface area contributed by atoms with Crippen molar-refractivity contribution in [1.29, 1.82) is 0 Å². The maximum atomic E-state index is 11.1. The second-order valence-electron chi connectivity index (χ2n) is 3.72. The lowest BCUT2D eigenvalue weighted by Gasteiger charge is -2.02. The molecule has 0 aliphatic heterocycles. The highest BCUT2D eigenvalue weighted by atomic mass is 16.5. The van der Waals surface area contributed by atoms with Crippen molar-refractivity contribution in [3.05, 3.63) is 35.9 Å². The largest absolute Gasteiger partial charge is 0.466 e. The summed E-state index contributed by atoms with van der Waals surface area (Å²) in [6, 6.07) is 7.38. The van der Waals surface area contributed by atoms with Gasteiger partial charge in [0.05, 0.1) is 13.0 Å². The molecule has 0 radical (unpaired) electrons. The number of hydrogen-bond donors (Lipinski definition) is 1. The third-order valence-electron chi connectivity index (χ3n) is 2.11. The van der Waals surface area contributed by atoms with Crippen LogP contribution in [-0.4, -0.2) is 18.5 Å². The third-order valence-corrected chi connectivity index (χ3v) is 2.11. The van der Waals surface area contributed by atoms with Gasteiger partial charge in [0.25, 0.3) is 0 Å². The van der Waals surface area contributed by atoms with Crippen LogP contribution in [0.25, 0.3) is 6.08 Å². The van der Waals surface area contributed by atoms with Crippen molar-refractivity contribution in [2.24, 2.45) is 0 Å². The van der Waals surface area contributed by atoms with E-state index >= 15 is 0 Å². The molecule has 0 unspecified atom stereocenters. The quantitative estimate of drug-likeness (QED) is 0.814. The van der Waals surface area contributed by atoms with Gasteiger partial charge in [0.15, 0.2) is 0 Å². The van der Waals surface area contributed by atoms with Gasteiger partial charge in [0.2, 0.25) is 5.91 Å². The number of carbonyl (C=O) groups is 2. The molecule has 4 nitrogen and oxygen atoms in total. The first-order valence-electron chi connectivity index (χ1n) is 5.81. The van der Waals surface area contributed by atoms with E-state index in [1.165, 1.54) is 6.92 Å². The van der Waals surface area contributed by atoms with Gasteiger partial charge in [-0.1, -0.05) is 24.3 Å². The number of rotatable bonds is 5.